The van der Waals surface area contributed by atoms with Gasteiger partial charge in [0.15, 0.2) is 0 Å². The topological polar surface area (TPSA) is 32.5 Å². The molecule has 0 amide bonds. The van der Waals surface area contributed by atoms with Gasteiger partial charge in [-0.05, 0) is 63.0 Å². The third kappa shape index (κ3) is 3.58. The van der Waals surface area contributed by atoms with Gasteiger partial charge in [0.1, 0.15) is 0 Å². The lowest BCUT2D eigenvalue weighted by atomic mass is 10.0. The van der Waals surface area contributed by atoms with Crippen LogP contribution in [0.2, 0.25) is 0 Å². The van der Waals surface area contributed by atoms with E-state index in [1.165, 1.54) is 22.1 Å². The molecule has 0 spiro atoms. The summed E-state index contributed by atoms with van der Waals surface area (Å²) in [6.45, 7) is 2.86. The van der Waals surface area contributed by atoms with Gasteiger partial charge in [-0.3, -0.25) is 4.90 Å². The lowest BCUT2D eigenvalue weighted by Gasteiger charge is -2.27. The van der Waals surface area contributed by atoms with E-state index in [1.807, 2.05) is 11.3 Å². The molecule has 1 aromatic heterocycles. The highest BCUT2D eigenvalue weighted by atomic mass is 32.1. The van der Waals surface area contributed by atoms with E-state index in [0.717, 1.165) is 13.1 Å². The van der Waals surface area contributed by atoms with Crippen molar-refractivity contribution in [3.8, 4) is 0 Å². The number of fused-ring (bicyclic) bond motifs is 1. The van der Waals surface area contributed by atoms with E-state index < -0.39 is 0 Å². The van der Waals surface area contributed by atoms with Crippen molar-refractivity contribution in [2.75, 3.05) is 40.8 Å². The van der Waals surface area contributed by atoms with E-state index in [0.29, 0.717) is 12.6 Å². The molecular formula is C16H25N3S. The fourth-order valence-corrected chi connectivity index (χ4v) is 3.60. The van der Waals surface area contributed by atoms with Crippen molar-refractivity contribution in [3.63, 3.8) is 0 Å². The molecule has 0 saturated carbocycles. The summed E-state index contributed by atoms with van der Waals surface area (Å²) < 4.78 is 1.35. The van der Waals surface area contributed by atoms with Gasteiger partial charge in [0, 0.05) is 17.3 Å². The molecule has 4 heteroatoms. The molecule has 0 aliphatic rings. The van der Waals surface area contributed by atoms with E-state index in [9.17, 15) is 0 Å². The first kappa shape index (κ1) is 15.4. The Bertz CT molecular complexity index is 535. The van der Waals surface area contributed by atoms with Crippen LogP contribution in [0, 0.1) is 0 Å². The maximum Gasteiger partial charge on any atom is 0.0481 e. The largest absolute Gasteiger partial charge is 0.329 e. The Hall–Kier alpha value is -0.940. The summed E-state index contributed by atoms with van der Waals surface area (Å²) in [6, 6.07) is 8.91. The molecule has 0 fully saturated rings. The molecular weight excluding hydrogens is 266 g/mol. The first-order chi connectivity index (χ1) is 9.63. The summed E-state index contributed by atoms with van der Waals surface area (Å²) in [4.78, 5) is 4.61. The first-order valence-corrected chi connectivity index (χ1v) is 8.02. The number of benzene rings is 1. The molecule has 3 nitrogen and oxygen atoms in total. The minimum Gasteiger partial charge on any atom is -0.329 e. The highest BCUT2D eigenvalue weighted by Gasteiger charge is 2.18. The fourth-order valence-electron chi connectivity index (χ4n) is 2.59. The van der Waals surface area contributed by atoms with Gasteiger partial charge < -0.3 is 10.6 Å². The van der Waals surface area contributed by atoms with Crippen molar-refractivity contribution in [2.24, 2.45) is 5.73 Å². The van der Waals surface area contributed by atoms with Crippen molar-refractivity contribution in [1.82, 2.24) is 9.80 Å². The van der Waals surface area contributed by atoms with Crippen molar-refractivity contribution >= 4 is 21.4 Å². The summed E-state index contributed by atoms with van der Waals surface area (Å²) in [5.41, 5.74) is 7.42. The Balaban J connectivity index is 2.11. The van der Waals surface area contributed by atoms with Gasteiger partial charge in [0.2, 0.25) is 0 Å². The number of rotatable bonds is 7. The molecule has 1 heterocycles. The maximum atomic E-state index is 6.04. The van der Waals surface area contributed by atoms with Gasteiger partial charge in [0.05, 0.1) is 0 Å². The number of hydrogen-bond acceptors (Lipinski definition) is 4. The summed E-state index contributed by atoms with van der Waals surface area (Å²) in [7, 11) is 6.42. The highest BCUT2D eigenvalue weighted by molar-refractivity contribution is 7.17. The van der Waals surface area contributed by atoms with Gasteiger partial charge in [0.25, 0.3) is 0 Å². The Morgan fingerprint density at radius 2 is 1.90 bits per heavy atom. The molecule has 20 heavy (non-hydrogen) atoms. The smallest absolute Gasteiger partial charge is 0.0481 e. The summed E-state index contributed by atoms with van der Waals surface area (Å²) in [5, 5.41) is 3.62. The molecule has 0 aliphatic heterocycles. The van der Waals surface area contributed by atoms with E-state index in [4.69, 9.17) is 5.73 Å². The lowest BCUT2D eigenvalue weighted by molar-refractivity contribution is 0.236. The van der Waals surface area contributed by atoms with Crippen molar-refractivity contribution in [1.29, 1.82) is 0 Å². The third-order valence-electron chi connectivity index (χ3n) is 3.74. The van der Waals surface area contributed by atoms with E-state index in [2.05, 4.69) is 60.6 Å². The number of nitrogens with two attached hydrogens (primary N) is 1. The Morgan fingerprint density at radius 3 is 2.60 bits per heavy atom. The van der Waals surface area contributed by atoms with Crippen molar-refractivity contribution < 1.29 is 0 Å². The quantitative estimate of drug-likeness (QED) is 0.851. The molecule has 2 aromatic rings. The third-order valence-corrected chi connectivity index (χ3v) is 4.72. The van der Waals surface area contributed by atoms with Gasteiger partial charge in [-0.25, -0.2) is 0 Å². The fraction of sp³-hybridized carbons (Fsp3) is 0.500. The van der Waals surface area contributed by atoms with Crippen LogP contribution in [0.1, 0.15) is 18.0 Å². The van der Waals surface area contributed by atoms with Crippen LogP contribution < -0.4 is 5.73 Å². The molecule has 0 saturated heterocycles. The molecule has 2 N–H and O–H groups in total. The van der Waals surface area contributed by atoms with Crippen LogP contribution in [0.15, 0.2) is 29.6 Å². The van der Waals surface area contributed by atoms with E-state index >= 15 is 0 Å². The second-order valence-electron chi connectivity index (χ2n) is 5.58. The SMILES string of the molecule is CN(C)CCCN(C)C(CN)c1csc2ccccc12. The summed E-state index contributed by atoms with van der Waals surface area (Å²) >= 11 is 1.81. The average molecular weight is 291 g/mol. The molecule has 0 radical (unpaired) electrons. The zero-order valence-corrected chi connectivity index (χ0v) is 13.5. The first-order valence-electron chi connectivity index (χ1n) is 7.14. The predicted molar refractivity (Wildman–Crippen MR) is 89.4 cm³/mol. The molecule has 1 aromatic carbocycles. The lowest BCUT2D eigenvalue weighted by Crippen LogP contribution is -2.32. The molecule has 0 aliphatic carbocycles. The zero-order valence-electron chi connectivity index (χ0n) is 12.7. The Morgan fingerprint density at radius 1 is 1.15 bits per heavy atom. The van der Waals surface area contributed by atoms with Crippen LogP contribution in [-0.4, -0.2) is 50.6 Å². The van der Waals surface area contributed by atoms with Gasteiger partial charge in [-0.15, -0.1) is 11.3 Å². The van der Waals surface area contributed by atoms with E-state index in [1.54, 1.807) is 0 Å². The zero-order chi connectivity index (χ0) is 14.5. The minimum absolute atomic E-state index is 0.313. The molecule has 1 unspecified atom stereocenters. The molecule has 0 bridgehead atoms. The summed E-state index contributed by atoms with van der Waals surface area (Å²) in [6.07, 6.45) is 1.17. The van der Waals surface area contributed by atoms with Crippen LogP contribution in [0.4, 0.5) is 0 Å². The van der Waals surface area contributed by atoms with Gasteiger partial charge in [-0.1, -0.05) is 18.2 Å². The number of nitrogens with zero attached hydrogens (tertiary/aromatic N) is 2. The molecule has 110 valence electrons. The van der Waals surface area contributed by atoms with Crippen LogP contribution in [0.25, 0.3) is 10.1 Å². The molecule has 1 atom stereocenters. The number of hydrogen-bond donors (Lipinski definition) is 1. The van der Waals surface area contributed by atoms with Crippen LogP contribution >= 0.6 is 11.3 Å². The minimum atomic E-state index is 0.313. The van der Waals surface area contributed by atoms with Gasteiger partial charge >= 0.3 is 0 Å². The standard InChI is InChI=1S/C16H25N3S/c1-18(2)9-6-10-19(3)15(11-17)14-12-20-16-8-5-4-7-13(14)16/h4-5,7-8,12,15H,6,9-11,17H2,1-3H3. The van der Waals surface area contributed by atoms with Gasteiger partial charge in [-0.2, -0.15) is 0 Å². The second kappa shape index (κ2) is 7.18. The summed E-state index contributed by atoms with van der Waals surface area (Å²) in [5.74, 6) is 0. The predicted octanol–water partition coefficient (Wildman–Crippen LogP) is 2.78. The van der Waals surface area contributed by atoms with Crippen LogP contribution in [-0.2, 0) is 0 Å². The Kier molecular flexibility index (Phi) is 5.54. The normalized spacial score (nSPS) is 13.5. The monoisotopic (exact) mass is 291 g/mol. The average Bonchev–Trinajstić information content (AvgIpc) is 2.83. The number of thiophene rings is 1. The highest BCUT2D eigenvalue weighted by Crippen LogP contribution is 2.32. The van der Waals surface area contributed by atoms with Crippen molar-refractivity contribution in [3.05, 3.63) is 35.2 Å². The van der Waals surface area contributed by atoms with Crippen LogP contribution in [0.3, 0.4) is 0 Å². The van der Waals surface area contributed by atoms with E-state index in [-0.39, 0.29) is 0 Å². The molecule has 2 rings (SSSR count). The second-order valence-corrected chi connectivity index (χ2v) is 6.49. The maximum absolute atomic E-state index is 6.04. The van der Waals surface area contributed by atoms with Crippen molar-refractivity contribution in [2.45, 2.75) is 12.5 Å². The Labute approximate surface area is 126 Å². The van der Waals surface area contributed by atoms with Crippen LogP contribution in [0.5, 0.6) is 0 Å². The number of likely N-dealkylation sites (N-methyl/N-ethyl adjacent to an activating group) is 1.